The van der Waals surface area contributed by atoms with Crippen LogP contribution in [-0.4, -0.2) is 49.5 Å². The second kappa shape index (κ2) is 7.21. The Morgan fingerprint density at radius 1 is 1.39 bits per heavy atom. The van der Waals surface area contributed by atoms with E-state index in [4.69, 9.17) is 14.2 Å². The summed E-state index contributed by atoms with van der Waals surface area (Å²) in [6.07, 6.45) is 0.491. The molecule has 0 aliphatic carbocycles. The molecule has 1 aliphatic heterocycles. The third-order valence-corrected chi connectivity index (χ3v) is 3.71. The number of amides is 1. The average molecular weight is 321 g/mol. The lowest BCUT2D eigenvalue weighted by Gasteiger charge is -2.34. The molecule has 1 heterocycles. The largest absolute Gasteiger partial charge is 0.496 e. The Morgan fingerprint density at radius 2 is 2.13 bits per heavy atom. The maximum absolute atomic E-state index is 12.2. The normalized spacial score (nSPS) is 18.7. The molecule has 0 bridgehead atoms. The Morgan fingerprint density at radius 3 is 2.74 bits per heavy atom. The van der Waals surface area contributed by atoms with E-state index in [9.17, 15) is 4.79 Å². The molecule has 0 radical (unpaired) electrons. The molecule has 5 nitrogen and oxygen atoms in total. The summed E-state index contributed by atoms with van der Waals surface area (Å²) in [6.45, 7) is 9.33. The van der Waals surface area contributed by atoms with Gasteiger partial charge in [0.25, 0.3) is 0 Å². The number of benzene rings is 1. The van der Waals surface area contributed by atoms with Crippen molar-refractivity contribution < 1.29 is 19.0 Å². The highest BCUT2D eigenvalue weighted by Gasteiger charge is 2.28. The number of carbonyl (C=O) groups excluding carboxylic acids is 1. The molecule has 1 fully saturated rings. The van der Waals surface area contributed by atoms with E-state index in [1.54, 1.807) is 12.0 Å². The highest BCUT2D eigenvalue weighted by Crippen LogP contribution is 2.21. The summed E-state index contributed by atoms with van der Waals surface area (Å²) in [6, 6.07) is 6.12. The summed E-state index contributed by atoms with van der Waals surface area (Å²) in [4.78, 5) is 13.9. The summed E-state index contributed by atoms with van der Waals surface area (Å²) in [5.41, 5.74) is 1.81. The van der Waals surface area contributed by atoms with Crippen LogP contribution in [0.5, 0.6) is 5.75 Å². The number of nitrogens with zero attached hydrogens (tertiary/aromatic N) is 1. The van der Waals surface area contributed by atoms with Gasteiger partial charge in [0.05, 0.1) is 26.4 Å². The number of aryl methyl sites for hydroxylation is 1. The van der Waals surface area contributed by atoms with Gasteiger partial charge in [-0.05, 0) is 44.9 Å². The fourth-order valence-electron chi connectivity index (χ4n) is 2.67. The van der Waals surface area contributed by atoms with Crippen LogP contribution in [0.1, 0.15) is 31.9 Å². The number of methoxy groups -OCH3 is 1. The molecule has 0 saturated carbocycles. The minimum Gasteiger partial charge on any atom is -0.496 e. The zero-order chi connectivity index (χ0) is 17.0. The van der Waals surface area contributed by atoms with Crippen molar-refractivity contribution in [3.63, 3.8) is 0 Å². The topological polar surface area (TPSA) is 48.0 Å². The molecule has 0 aromatic heterocycles. The Bertz CT molecular complexity index is 550. The molecule has 2 rings (SSSR count). The zero-order valence-corrected chi connectivity index (χ0v) is 14.7. The van der Waals surface area contributed by atoms with E-state index in [2.05, 4.69) is 6.07 Å². The first-order valence-electron chi connectivity index (χ1n) is 8.01. The van der Waals surface area contributed by atoms with E-state index in [1.807, 2.05) is 39.8 Å². The molecule has 1 atom stereocenters. The summed E-state index contributed by atoms with van der Waals surface area (Å²) in [7, 11) is 1.67. The van der Waals surface area contributed by atoms with Crippen molar-refractivity contribution >= 4 is 6.09 Å². The van der Waals surface area contributed by atoms with Crippen LogP contribution >= 0.6 is 0 Å². The van der Waals surface area contributed by atoms with E-state index < -0.39 is 5.60 Å². The van der Waals surface area contributed by atoms with Gasteiger partial charge in [0.2, 0.25) is 0 Å². The lowest BCUT2D eigenvalue weighted by Crippen LogP contribution is -2.48. The molecule has 0 spiro atoms. The average Bonchev–Trinajstić information content (AvgIpc) is 2.46. The van der Waals surface area contributed by atoms with E-state index in [1.165, 1.54) is 5.56 Å². The van der Waals surface area contributed by atoms with Crippen molar-refractivity contribution in [2.45, 2.75) is 45.8 Å². The van der Waals surface area contributed by atoms with Crippen molar-refractivity contribution in [2.75, 3.05) is 26.8 Å². The minimum absolute atomic E-state index is 0.0101. The van der Waals surface area contributed by atoms with Gasteiger partial charge in [-0.25, -0.2) is 4.79 Å². The van der Waals surface area contributed by atoms with E-state index in [-0.39, 0.29) is 12.2 Å². The molecule has 1 aromatic rings. The highest BCUT2D eigenvalue weighted by molar-refractivity contribution is 5.68. The van der Waals surface area contributed by atoms with E-state index >= 15 is 0 Å². The molecular formula is C18H27NO4. The number of hydrogen-bond donors (Lipinski definition) is 0. The van der Waals surface area contributed by atoms with Crippen molar-refractivity contribution in [1.29, 1.82) is 0 Å². The molecule has 1 saturated heterocycles. The molecular weight excluding hydrogens is 294 g/mol. The molecule has 1 aromatic carbocycles. The van der Waals surface area contributed by atoms with Crippen LogP contribution in [0.4, 0.5) is 4.79 Å². The Hall–Kier alpha value is -1.75. The molecule has 23 heavy (non-hydrogen) atoms. The monoisotopic (exact) mass is 321 g/mol. The summed E-state index contributed by atoms with van der Waals surface area (Å²) in [5, 5.41) is 0. The fourth-order valence-corrected chi connectivity index (χ4v) is 2.67. The third-order valence-electron chi connectivity index (χ3n) is 3.71. The van der Waals surface area contributed by atoms with E-state index in [0.29, 0.717) is 19.7 Å². The Kier molecular flexibility index (Phi) is 5.52. The molecule has 1 amide bonds. The number of carbonyl (C=O) groups is 1. The highest BCUT2D eigenvalue weighted by atomic mass is 16.6. The number of hydrogen-bond acceptors (Lipinski definition) is 4. The standard InChI is InChI=1S/C18H27NO4/c1-13-10-14(6-7-16(13)21-5)11-15-12-19(8-9-22-15)17(20)23-18(2,3)4/h6-7,10,15H,8-9,11-12H2,1-5H3. The SMILES string of the molecule is COc1ccc(CC2CN(C(=O)OC(C)(C)C)CCO2)cc1C. The first kappa shape index (κ1) is 17.6. The number of ether oxygens (including phenoxy) is 3. The maximum atomic E-state index is 12.2. The fraction of sp³-hybridized carbons (Fsp3) is 0.611. The smallest absolute Gasteiger partial charge is 0.410 e. The predicted octanol–water partition coefficient (Wildman–Crippen LogP) is 3.18. The van der Waals surface area contributed by atoms with Gasteiger partial charge in [-0.15, -0.1) is 0 Å². The summed E-state index contributed by atoms with van der Waals surface area (Å²) in [5.74, 6) is 0.883. The molecule has 128 valence electrons. The van der Waals surface area contributed by atoms with Crippen molar-refractivity contribution in [1.82, 2.24) is 4.90 Å². The van der Waals surface area contributed by atoms with E-state index in [0.717, 1.165) is 17.7 Å². The number of rotatable bonds is 3. The van der Waals surface area contributed by atoms with Crippen molar-refractivity contribution in [3.05, 3.63) is 29.3 Å². The Balaban J connectivity index is 1.96. The van der Waals surface area contributed by atoms with Crippen LogP contribution in [0.2, 0.25) is 0 Å². The van der Waals surface area contributed by atoms with Crippen LogP contribution in [0.15, 0.2) is 18.2 Å². The lowest BCUT2D eigenvalue weighted by atomic mass is 10.0. The predicted molar refractivity (Wildman–Crippen MR) is 89.0 cm³/mol. The van der Waals surface area contributed by atoms with Crippen LogP contribution in [-0.2, 0) is 15.9 Å². The van der Waals surface area contributed by atoms with Gasteiger partial charge in [-0.2, -0.15) is 0 Å². The van der Waals surface area contributed by atoms with Gasteiger partial charge in [-0.1, -0.05) is 12.1 Å². The second-order valence-corrected chi connectivity index (χ2v) is 6.93. The maximum Gasteiger partial charge on any atom is 0.410 e. The van der Waals surface area contributed by atoms with Crippen molar-refractivity contribution in [3.8, 4) is 5.75 Å². The first-order chi connectivity index (χ1) is 10.8. The van der Waals surface area contributed by atoms with Gasteiger partial charge >= 0.3 is 6.09 Å². The lowest BCUT2D eigenvalue weighted by molar-refractivity contribution is -0.0415. The van der Waals surface area contributed by atoms with Gasteiger partial charge < -0.3 is 19.1 Å². The molecule has 5 heteroatoms. The summed E-state index contributed by atoms with van der Waals surface area (Å²) >= 11 is 0. The van der Waals surface area contributed by atoms with Crippen molar-refractivity contribution in [2.24, 2.45) is 0 Å². The van der Waals surface area contributed by atoms with Gasteiger partial charge in [-0.3, -0.25) is 0 Å². The molecule has 0 N–H and O–H groups in total. The third kappa shape index (κ3) is 5.13. The number of morpholine rings is 1. The van der Waals surface area contributed by atoms with Crippen LogP contribution in [0, 0.1) is 6.92 Å². The minimum atomic E-state index is -0.474. The quantitative estimate of drug-likeness (QED) is 0.858. The molecule has 1 unspecified atom stereocenters. The van der Waals surface area contributed by atoms with Gasteiger partial charge in [0.1, 0.15) is 11.4 Å². The first-order valence-corrected chi connectivity index (χ1v) is 8.01. The molecule has 1 aliphatic rings. The zero-order valence-electron chi connectivity index (χ0n) is 14.7. The van der Waals surface area contributed by atoms with Crippen LogP contribution in [0.25, 0.3) is 0 Å². The van der Waals surface area contributed by atoms with Crippen LogP contribution < -0.4 is 4.74 Å². The van der Waals surface area contributed by atoms with Gasteiger partial charge in [0.15, 0.2) is 0 Å². The Labute approximate surface area is 138 Å². The van der Waals surface area contributed by atoms with Gasteiger partial charge in [0, 0.05) is 13.0 Å². The van der Waals surface area contributed by atoms with Crippen LogP contribution in [0.3, 0.4) is 0 Å². The second-order valence-electron chi connectivity index (χ2n) is 6.93. The summed E-state index contributed by atoms with van der Waals surface area (Å²) < 4.78 is 16.5.